The van der Waals surface area contributed by atoms with Gasteiger partial charge in [0.1, 0.15) is 0 Å². The van der Waals surface area contributed by atoms with Crippen LogP contribution in [0.2, 0.25) is 0 Å². The van der Waals surface area contributed by atoms with Gasteiger partial charge in [-0.15, -0.1) is 0 Å². The molecule has 3 rings (SSSR count). The Morgan fingerprint density at radius 3 is 2.60 bits per heavy atom. The third kappa shape index (κ3) is 5.20. The molecule has 0 atom stereocenters. The number of carbonyl (C=O) groups is 1. The van der Waals surface area contributed by atoms with Crippen molar-refractivity contribution in [2.75, 3.05) is 12.4 Å². The van der Waals surface area contributed by atoms with E-state index in [9.17, 15) is 9.18 Å². The van der Waals surface area contributed by atoms with Crippen molar-refractivity contribution in [3.05, 3.63) is 59.4 Å². The van der Waals surface area contributed by atoms with Crippen molar-refractivity contribution in [3.8, 4) is 5.75 Å². The molecule has 0 saturated heterocycles. The number of methoxy groups -OCH3 is 1. The van der Waals surface area contributed by atoms with Crippen LogP contribution in [0.1, 0.15) is 48.2 Å². The molecule has 2 heterocycles. The summed E-state index contributed by atoms with van der Waals surface area (Å²) in [6.07, 6.45) is 9.37. The van der Waals surface area contributed by atoms with Gasteiger partial charge in [0.15, 0.2) is 17.3 Å². The second kappa shape index (κ2) is 9.96. The zero-order valence-electron chi connectivity index (χ0n) is 17.5. The largest absolute Gasteiger partial charge is 0.494 e. The van der Waals surface area contributed by atoms with Crippen LogP contribution in [-0.4, -0.2) is 32.6 Å². The third-order valence-electron chi connectivity index (χ3n) is 4.71. The predicted molar refractivity (Wildman–Crippen MR) is 113 cm³/mol. The SMILES string of the molecule is CCCn1cc(Nc2ncc(CCc3cc(C(=O)CC)cc(OC)c3F)cn2)cn1. The van der Waals surface area contributed by atoms with E-state index in [2.05, 4.69) is 27.3 Å². The molecule has 0 aliphatic carbocycles. The number of aryl methyl sites for hydroxylation is 3. The maximum Gasteiger partial charge on any atom is 0.227 e. The lowest BCUT2D eigenvalue weighted by Gasteiger charge is -2.11. The molecule has 0 aliphatic rings. The topological polar surface area (TPSA) is 81.9 Å². The summed E-state index contributed by atoms with van der Waals surface area (Å²) in [5.41, 5.74) is 2.59. The smallest absolute Gasteiger partial charge is 0.227 e. The fourth-order valence-corrected chi connectivity index (χ4v) is 3.09. The molecule has 7 nitrogen and oxygen atoms in total. The zero-order valence-corrected chi connectivity index (χ0v) is 17.5. The highest BCUT2D eigenvalue weighted by molar-refractivity contribution is 5.96. The number of nitrogens with one attached hydrogen (secondary N) is 1. The summed E-state index contributed by atoms with van der Waals surface area (Å²) in [7, 11) is 1.40. The molecule has 30 heavy (non-hydrogen) atoms. The summed E-state index contributed by atoms with van der Waals surface area (Å²) in [6, 6.07) is 3.06. The Bertz CT molecular complexity index is 1000. The molecular formula is C22H26FN5O2. The van der Waals surface area contributed by atoms with Crippen LogP contribution in [0, 0.1) is 5.82 Å². The van der Waals surface area contributed by atoms with E-state index in [0.717, 1.165) is 24.2 Å². The van der Waals surface area contributed by atoms with Crippen LogP contribution in [-0.2, 0) is 19.4 Å². The van der Waals surface area contributed by atoms with Gasteiger partial charge in [-0.05, 0) is 42.5 Å². The normalized spacial score (nSPS) is 10.8. The summed E-state index contributed by atoms with van der Waals surface area (Å²) in [5.74, 6) is 0.0749. The lowest BCUT2D eigenvalue weighted by Crippen LogP contribution is -2.04. The summed E-state index contributed by atoms with van der Waals surface area (Å²) in [6.45, 7) is 4.73. The molecule has 0 fully saturated rings. The molecule has 0 unspecified atom stereocenters. The minimum atomic E-state index is -0.437. The van der Waals surface area contributed by atoms with E-state index in [-0.39, 0.29) is 11.5 Å². The number of ether oxygens (including phenoxy) is 1. The van der Waals surface area contributed by atoms with Crippen molar-refractivity contribution in [1.82, 2.24) is 19.7 Å². The number of halogens is 1. The van der Waals surface area contributed by atoms with Gasteiger partial charge in [-0.3, -0.25) is 9.48 Å². The third-order valence-corrected chi connectivity index (χ3v) is 4.71. The van der Waals surface area contributed by atoms with Gasteiger partial charge in [0.05, 0.1) is 19.0 Å². The highest BCUT2D eigenvalue weighted by Crippen LogP contribution is 2.25. The standard InChI is InChI=1S/C22H26FN5O2/c1-4-8-28-14-18(13-26-28)27-22-24-11-15(12-25-22)6-7-16-9-17(19(29)5-2)10-20(30-3)21(16)23/h9-14H,4-8H2,1-3H3,(H,24,25,27). The number of nitrogens with zero attached hydrogens (tertiary/aromatic N) is 4. The van der Waals surface area contributed by atoms with Crippen LogP contribution in [0.4, 0.5) is 16.0 Å². The Balaban J connectivity index is 1.66. The van der Waals surface area contributed by atoms with Gasteiger partial charge in [0.2, 0.25) is 5.95 Å². The number of hydrogen-bond acceptors (Lipinski definition) is 6. The Kier molecular flexibility index (Phi) is 7.11. The van der Waals surface area contributed by atoms with E-state index in [0.29, 0.717) is 36.3 Å². The van der Waals surface area contributed by atoms with Crippen LogP contribution >= 0.6 is 0 Å². The van der Waals surface area contributed by atoms with E-state index in [4.69, 9.17) is 4.74 Å². The number of Topliss-reactive ketones (excluding diaryl/α,β-unsaturated/α-hetero) is 1. The number of benzene rings is 1. The van der Waals surface area contributed by atoms with E-state index < -0.39 is 5.82 Å². The van der Waals surface area contributed by atoms with Gasteiger partial charge < -0.3 is 10.1 Å². The molecule has 1 N–H and O–H groups in total. The van der Waals surface area contributed by atoms with E-state index in [1.807, 2.05) is 10.9 Å². The van der Waals surface area contributed by atoms with Gasteiger partial charge in [0, 0.05) is 37.1 Å². The Hall–Kier alpha value is -3.29. The minimum absolute atomic E-state index is 0.0458. The molecule has 0 aliphatic heterocycles. The maximum atomic E-state index is 14.6. The number of carbonyl (C=O) groups excluding carboxylic acids is 1. The first-order valence-corrected chi connectivity index (χ1v) is 10.0. The number of anilines is 2. The van der Waals surface area contributed by atoms with Crippen LogP contribution in [0.3, 0.4) is 0 Å². The van der Waals surface area contributed by atoms with Crippen molar-refractivity contribution in [3.63, 3.8) is 0 Å². The van der Waals surface area contributed by atoms with E-state index >= 15 is 0 Å². The average molecular weight is 411 g/mol. The fourth-order valence-electron chi connectivity index (χ4n) is 3.09. The Labute approximate surface area is 175 Å². The van der Waals surface area contributed by atoms with Gasteiger partial charge in [-0.2, -0.15) is 5.10 Å². The molecule has 0 spiro atoms. The highest BCUT2D eigenvalue weighted by Gasteiger charge is 2.15. The van der Waals surface area contributed by atoms with Gasteiger partial charge in [0.25, 0.3) is 0 Å². The van der Waals surface area contributed by atoms with Crippen molar-refractivity contribution in [2.24, 2.45) is 0 Å². The Morgan fingerprint density at radius 1 is 1.17 bits per heavy atom. The van der Waals surface area contributed by atoms with Gasteiger partial charge in [-0.25, -0.2) is 14.4 Å². The minimum Gasteiger partial charge on any atom is -0.494 e. The molecule has 1 aromatic carbocycles. The Morgan fingerprint density at radius 2 is 1.93 bits per heavy atom. The number of ketones is 1. The van der Waals surface area contributed by atoms with Crippen LogP contribution < -0.4 is 10.1 Å². The second-order valence-corrected chi connectivity index (χ2v) is 6.96. The van der Waals surface area contributed by atoms with Crippen molar-refractivity contribution in [2.45, 2.75) is 46.1 Å². The molecule has 0 amide bonds. The zero-order chi connectivity index (χ0) is 21.5. The summed E-state index contributed by atoms with van der Waals surface area (Å²) in [5, 5.41) is 7.37. The van der Waals surface area contributed by atoms with E-state index in [1.165, 1.54) is 13.2 Å². The quantitative estimate of drug-likeness (QED) is 0.500. The van der Waals surface area contributed by atoms with Gasteiger partial charge >= 0.3 is 0 Å². The predicted octanol–water partition coefficient (Wildman–Crippen LogP) is 4.35. The van der Waals surface area contributed by atoms with Crippen molar-refractivity contribution in [1.29, 1.82) is 0 Å². The maximum absolute atomic E-state index is 14.6. The first kappa shape index (κ1) is 21.4. The molecule has 3 aromatic rings. The molecule has 2 aromatic heterocycles. The van der Waals surface area contributed by atoms with Crippen molar-refractivity contribution < 1.29 is 13.9 Å². The van der Waals surface area contributed by atoms with Crippen LogP contribution in [0.25, 0.3) is 0 Å². The molecule has 0 saturated carbocycles. The second-order valence-electron chi connectivity index (χ2n) is 6.96. The van der Waals surface area contributed by atoms with E-state index in [1.54, 1.807) is 31.6 Å². The first-order chi connectivity index (χ1) is 14.5. The van der Waals surface area contributed by atoms with Crippen molar-refractivity contribution >= 4 is 17.4 Å². The summed E-state index contributed by atoms with van der Waals surface area (Å²) in [4.78, 5) is 20.7. The molecule has 158 valence electrons. The number of aromatic nitrogens is 4. The average Bonchev–Trinajstić information content (AvgIpc) is 3.20. The monoisotopic (exact) mass is 411 g/mol. The molecule has 8 heteroatoms. The summed E-state index contributed by atoms with van der Waals surface area (Å²) < 4.78 is 21.6. The molecular weight excluding hydrogens is 385 g/mol. The highest BCUT2D eigenvalue weighted by atomic mass is 19.1. The lowest BCUT2D eigenvalue weighted by atomic mass is 10.00. The molecule has 0 bridgehead atoms. The number of hydrogen-bond donors (Lipinski definition) is 1. The lowest BCUT2D eigenvalue weighted by molar-refractivity contribution is 0.0987. The van der Waals surface area contributed by atoms with Gasteiger partial charge in [-0.1, -0.05) is 13.8 Å². The van der Waals surface area contributed by atoms with Crippen LogP contribution in [0.5, 0.6) is 5.75 Å². The summed E-state index contributed by atoms with van der Waals surface area (Å²) >= 11 is 0. The number of rotatable bonds is 10. The first-order valence-electron chi connectivity index (χ1n) is 10.0. The fraction of sp³-hybridized carbons (Fsp3) is 0.364. The van der Waals surface area contributed by atoms with Crippen LogP contribution in [0.15, 0.2) is 36.9 Å². The molecule has 0 radical (unpaired) electrons.